The maximum Gasteiger partial charge on any atom is 0.338 e. The second-order valence-electron chi connectivity index (χ2n) is 11.0. The van der Waals surface area contributed by atoms with Gasteiger partial charge in [0.1, 0.15) is 0 Å². The number of carbonyl (C=O) groups is 4. The van der Waals surface area contributed by atoms with Gasteiger partial charge in [0.15, 0.2) is 6.61 Å². The van der Waals surface area contributed by atoms with Crippen molar-refractivity contribution in [1.82, 2.24) is 0 Å². The molecule has 3 amide bonds. The second-order valence-corrected chi connectivity index (χ2v) is 11.0. The van der Waals surface area contributed by atoms with Crippen molar-refractivity contribution in [3.8, 4) is 0 Å². The summed E-state index contributed by atoms with van der Waals surface area (Å²) in [6.07, 6.45) is 1.82. The minimum Gasteiger partial charge on any atom is -0.452 e. The van der Waals surface area contributed by atoms with E-state index in [1.54, 1.807) is 18.2 Å². The number of nitrogens with one attached hydrogen (secondary N) is 1. The summed E-state index contributed by atoms with van der Waals surface area (Å²) in [6, 6.07) is 22.2. The van der Waals surface area contributed by atoms with Crippen LogP contribution in [0.5, 0.6) is 0 Å². The molecule has 7 heteroatoms. The molecule has 5 atom stereocenters. The first-order valence-corrected chi connectivity index (χ1v) is 13.4. The van der Waals surface area contributed by atoms with Crippen LogP contribution < -0.4 is 10.2 Å². The average Bonchev–Trinajstić information content (AvgIpc) is 3.58. The highest BCUT2D eigenvalue weighted by atomic mass is 16.5. The molecule has 1 saturated heterocycles. The molecule has 2 aliphatic carbocycles. The zero-order valence-electron chi connectivity index (χ0n) is 21.9. The highest BCUT2D eigenvalue weighted by Gasteiger charge is 2.64. The summed E-state index contributed by atoms with van der Waals surface area (Å²) in [5.74, 6) is -1.52. The van der Waals surface area contributed by atoms with Crippen molar-refractivity contribution in [1.29, 1.82) is 0 Å². The van der Waals surface area contributed by atoms with Crippen LogP contribution >= 0.6 is 0 Å². The van der Waals surface area contributed by atoms with Gasteiger partial charge in [-0.2, -0.15) is 0 Å². The molecule has 3 aromatic rings. The number of fused-ring (bicyclic) bond motifs is 5. The van der Waals surface area contributed by atoms with Gasteiger partial charge in [-0.1, -0.05) is 42.5 Å². The van der Waals surface area contributed by atoms with Crippen LogP contribution in [0.4, 0.5) is 11.4 Å². The number of esters is 1. The highest BCUT2D eigenvalue weighted by molar-refractivity contribution is 6.23. The van der Waals surface area contributed by atoms with Gasteiger partial charge in [0.05, 0.1) is 23.1 Å². The fourth-order valence-corrected chi connectivity index (χ4v) is 7.03. The molecule has 1 heterocycles. The number of ether oxygens (including phenoxy) is 1. The lowest BCUT2D eigenvalue weighted by atomic mass is 9.73. The van der Waals surface area contributed by atoms with E-state index in [1.807, 2.05) is 50.2 Å². The van der Waals surface area contributed by atoms with E-state index in [4.69, 9.17) is 4.74 Å². The molecule has 2 saturated carbocycles. The Labute approximate surface area is 227 Å². The summed E-state index contributed by atoms with van der Waals surface area (Å²) in [5.41, 5.74) is 4.43. The zero-order chi connectivity index (χ0) is 27.3. The van der Waals surface area contributed by atoms with Gasteiger partial charge in [0.2, 0.25) is 11.8 Å². The summed E-state index contributed by atoms with van der Waals surface area (Å²) >= 11 is 0. The number of hydrogen-bond acceptors (Lipinski definition) is 5. The first-order chi connectivity index (χ1) is 18.8. The van der Waals surface area contributed by atoms with Crippen LogP contribution in [0.15, 0.2) is 72.8 Å². The Bertz CT molecular complexity index is 1460. The Kier molecular flexibility index (Phi) is 6.29. The number of nitrogens with zero attached hydrogens (tertiary/aromatic N) is 1. The van der Waals surface area contributed by atoms with E-state index < -0.39 is 18.5 Å². The molecule has 198 valence electrons. The van der Waals surface area contributed by atoms with Crippen molar-refractivity contribution < 1.29 is 23.9 Å². The molecule has 39 heavy (non-hydrogen) atoms. The summed E-state index contributed by atoms with van der Waals surface area (Å²) in [5, 5.41) is 2.74. The zero-order valence-corrected chi connectivity index (χ0v) is 21.9. The second kappa shape index (κ2) is 9.80. The summed E-state index contributed by atoms with van der Waals surface area (Å²) in [4.78, 5) is 53.5. The molecule has 0 radical (unpaired) electrons. The van der Waals surface area contributed by atoms with Crippen LogP contribution in [-0.4, -0.2) is 30.3 Å². The average molecular weight is 523 g/mol. The van der Waals surface area contributed by atoms with Crippen molar-refractivity contribution in [2.24, 2.45) is 23.7 Å². The number of carbonyl (C=O) groups excluding carboxylic acids is 4. The molecule has 6 rings (SSSR count). The van der Waals surface area contributed by atoms with Gasteiger partial charge in [-0.05, 0) is 91.5 Å². The van der Waals surface area contributed by atoms with Gasteiger partial charge in [0, 0.05) is 5.69 Å². The normalized spacial score (nSPS) is 25.1. The van der Waals surface area contributed by atoms with Gasteiger partial charge < -0.3 is 10.1 Å². The molecule has 0 spiro atoms. The molecule has 0 unspecified atom stereocenters. The van der Waals surface area contributed by atoms with E-state index in [1.165, 1.54) is 16.5 Å². The lowest BCUT2D eigenvalue weighted by molar-refractivity contribution is -0.123. The van der Waals surface area contributed by atoms with Gasteiger partial charge >= 0.3 is 5.97 Å². The van der Waals surface area contributed by atoms with Crippen molar-refractivity contribution in [2.75, 3.05) is 16.8 Å². The van der Waals surface area contributed by atoms with E-state index in [2.05, 4.69) is 17.4 Å². The van der Waals surface area contributed by atoms with E-state index in [0.29, 0.717) is 11.4 Å². The molecule has 0 aromatic heterocycles. The Morgan fingerprint density at radius 1 is 0.872 bits per heavy atom. The van der Waals surface area contributed by atoms with Crippen LogP contribution in [0.1, 0.15) is 45.8 Å². The van der Waals surface area contributed by atoms with E-state index in [-0.39, 0.29) is 47.0 Å². The first-order valence-electron chi connectivity index (χ1n) is 13.4. The first kappa shape index (κ1) is 25.0. The number of amides is 3. The highest BCUT2D eigenvalue weighted by Crippen LogP contribution is 2.61. The molecular weight excluding hydrogens is 492 g/mol. The van der Waals surface area contributed by atoms with Gasteiger partial charge in [0.25, 0.3) is 5.91 Å². The number of benzene rings is 3. The molecular formula is C32H30N2O5. The smallest absolute Gasteiger partial charge is 0.338 e. The number of anilines is 2. The SMILES string of the molecule is Cc1cc(C)cc(NC(=O)COC(=O)c2cccc(N3C(=O)[C@@H]4[C@@H]5C[C@@H]([C@H]4C3=O)[C@H](c3ccccc3)C5)c2)c1. The molecule has 1 aliphatic heterocycles. The lowest BCUT2D eigenvalue weighted by Gasteiger charge is -2.28. The van der Waals surface area contributed by atoms with Crippen molar-refractivity contribution in [3.63, 3.8) is 0 Å². The molecule has 2 bridgehead atoms. The van der Waals surface area contributed by atoms with Crippen molar-refractivity contribution >= 4 is 35.1 Å². The number of hydrogen-bond donors (Lipinski definition) is 1. The van der Waals surface area contributed by atoms with Gasteiger partial charge in [-0.25, -0.2) is 4.79 Å². The lowest BCUT2D eigenvalue weighted by Crippen LogP contribution is -2.33. The summed E-state index contributed by atoms with van der Waals surface area (Å²) in [7, 11) is 0. The number of aryl methyl sites for hydroxylation is 2. The van der Waals surface area contributed by atoms with Crippen molar-refractivity contribution in [2.45, 2.75) is 32.6 Å². The molecule has 7 nitrogen and oxygen atoms in total. The predicted octanol–water partition coefficient (Wildman–Crippen LogP) is 5.03. The quantitative estimate of drug-likeness (QED) is 0.362. The Hall–Kier alpha value is -4.26. The maximum absolute atomic E-state index is 13.6. The minimum absolute atomic E-state index is 0.146. The van der Waals surface area contributed by atoms with Gasteiger partial charge in [-0.3, -0.25) is 19.3 Å². The van der Waals surface area contributed by atoms with E-state index >= 15 is 0 Å². The summed E-state index contributed by atoms with van der Waals surface area (Å²) in [6.45, 7) is 3.42. The van der Waals surface area contributed by atoms with Crippen LogP contribution in [0.2, 0.25) is 0 Å². The molecule has 3 aromatic carbocycles. The maximum atomic E-state index is 13.6. The largest absolute Gasteiger partial charge is 0.452 e. The predicted molar refractivity (Wildman–Crippen MR) is 146 cm³/mol. The third-order valence-corrected chi connectivity index (χ3v) is 8.42. The topological polar surface area (TPSA) is 92.8 Å². The Balaban J connectivity index is 1.14. The molecule has 3 aliphatic rings. The van der Waals surface area contributed by atoms with Crippen LogP contribution in [0.3, 0.4) is 0 Å². The van der Waals surface area contributed by atoms with Crippen molar-refractivity contribution in [3.05, 3.63) is 95.1 Å². The Morgan fingerprint density at radius 2 is 1.59 bits per heavy atom. The molecule has 1 N–H and O–H groups in total. The third kappa shape index (κ3) is 4.52. The van der Waals surface area contributed by atoms with Gasteiger partial charge in [-0.15, -0.1) is 0 Å². The fraction of sp³-hybridized carbons (Fsp3) is 0.312. The van der Waals surface area contributed by atoms with Crippen LogP contribution in [-0.2, 0) is 19.1 Å². The number of rotatable bonds is 6. The fourth-order valence-electron chi connectivity index (χ4n) is 7.03. The Morgan fingerprint density at radius 3 is 2.33 bits per heavy atom. The standard InChI is InChI=1S/C32H30N2O5/c1-18-11-19(2)13-23(12-18)33-27(35)17-39-32(38)21-9-6-10-24(14-21)34-30(36)28-22-15-25(20-7-4-3-5-8-20)26(16-22)29(28)31(34)37/h3-14,22,25-26,28-29H,15-17H2,1-2H3,(H,33,35)/t22-,25-,26+,28+,29+/m0/s1. The van der Waals surface area contributed by atoms with Crippen LogP contribution in [0, 0.1) is 37.5 Å². The number of imide groups is 1. The summed E-state index contributed by atoms with van der Waals surface area (Å²) < 4.78 is 5.24. The van der Waals surface area contributed by atoms with E-state index in [0.717, 1.165) is 24.0 Å². The van der Waals surface area contributed by atoms with E-state index in [9.17, 15) is 19.2 Å². The molecule has 3 fully saturated rings. The van der Waals surface area contributed by atoms with Crippen LogP contribution in [0.25, 0.3) is 0 Å². The third-order valence-electron chi connectivity index (χ3n) is 8.42. The monoisotopic (exact) mass is 522 g/mol. The minimum atomic E-state index is -0.698.